The van der Waals surface area contributed by atoms with E-state index in [9.17, 15) is 19.5 Å². The van der Waals surface area contributed by atoms with Crippen molar-refractivity contribution in [3.63, 3.8) is 0 Å². The molecule has 2 heterocycles. The maximum Gasteiger partial charge on any atom is 0.253 e. The molecular formula is C26H28N2O4. The van der Waals surface area contributed by atoms with Crippen LogP contribution in [0.15, 0.2) is 48.5 Å². The lowest BCUT2D eigenvalue weighted by molar-refractivity contribution is -0.134. The minimum Gasteiger partial charge on any atom is -0.382 e. The number of amides is 2. The molecule has 0 atom stereocenters. The number of carbonyl (C=O) groups excluding carboxylic acids is 3. The Kier molecular flexibility index (Phi) is 5.33. The Morgan fingerprint density at radius 1 is 0.938 bits per heavy atom. The van der Waals surface area contributed by atoms with Crippen LogP contribution in [0, 0.1) is 5.92 Å². The fourth-order valence-corrected chi connectivity index (χ4v) is 4.85. The van der Waals surface area contributed by atoms with Crippen LogP contribution in [-0.2, 0) is 9.59 Å². The molecule has 1 N–H and O–H groups in total. The number of carbonyl (C=O) groups is 3. The summed E-state index contributed by atoms with van der Waals surface area (Å²) in [6.45, 7) is 1.84. The standard InChI is InChI=1S/C26H28N2O4/c29-23-5-2-14-28(23)22-4-1-3-21(17-22)18-6-8-20(9-7-18)25(31)27-15-10-19(11-16-27)24(30)26(32)12-13-26/h1,3-4,6-9,17,19,32H,2,5,10-16H2. The van der Waals surface area contributed by atoms with Crippen LogP contribution in [0.3, 0.4) is 0 Å². The number of ketones is 1. The lowest BCUT2D eigenvalue weighted by atomic mass is 9.88. The minimum atomic E-state index is -1.08. The van der Waals surface area contributed by atoms with Gasteiger partial charge in [0, 0.05) is 43.2 Å². The molecule has 2 saturated heterocycles. The van der Waals surface area contributed by atoms with Crippen LogP contribution in [0.1, 0.15) is 48.9 Å². The third-order valence-corrected chi connectivity index (χ3v) is 7.03. The number of piperidine rings is 1. The van der Waals surface area contributed by atoms with Gasteiger partial charge in [0.05, 0.1) is 0 Å². The van der Waals surface area contributed by atoms with E-state index in [4.69, 9.17) is 0 Å². The number of anilines is 1. The number of hydrogen-bond donors (Lipinski definition) is 1. The lowest BCUT2D eigenvalue weighted by Crippen LogP contribution is -2.42. The van der Waals surface area contributed by atoms with Crippen LogP contribution in [0.5, 0.6) is 0 Å². The molecule has 0 bridgehead atoms. The Labute approximate surface area is 187 Å². The molecule has 1 saturated carbocycles. The molecule has 3 aliphatic rings. The predicted octanol–water partition coefficient (Wildman–Crippen LogP) is 3.43. The van der Waals surface area contributed by atoms with E-state index in [1.54, 1.807) is 4.90 Å². The van der Waals surface area contributed by atoms with Gasteiger partial charge in [0.15, 0.2) is 5.78 Å². The van der Waals surface area contributed by atoms with Crippen molar-refractivity contribution < 1.29 is 19.5 Å². The van der Waals surface area contributed by atoms with E-state index in [-0.39, 0.29) is 23.5 Å². The average Bonchev–Trinajstić information content (AvgIpc) is 3.45. The summed E-state index contributed by atoms with van der Waals surface area (Å²) in [5, 5.41) is 10.1. The highest BCUT2D eigenvalue weighted by Crippen LogP contribution is 2.40. The van der Waals surface area contributed by atoms with Gasteiger partial charge in [-0.1, -0.05) is 24.3 Å². The summed E-state index contributed by atoms with van der Waals surface area (Å²) in [7, 11) is 0. The first-order valence-electron chi connectivity index (χ1n) is 11.5. The smallest absolute Gasteiger partial charge is 0.253 e. The van der Waals surface area contributed by atoms with Crippen LogP contribution < -0.4 is 4.90 Å². The summed E-state index contributed by atoms with van der Waals surface area (Å²) in [5.74, 6) is -0.0284. The molecule has 2 aromatic rings. The number of Topliss-reactive ketones (excluding diaryl/α,β-unsaturated/α-hetero) is 1. The summed E-state index contributed by atoms with van der Waals surface area (Å²) in [6.07, 6.45) is 3.89. The molecule has 3 fully saturated rings. The third-order valence-electron chi connectivity index (χ3n) is 7.03. The number of nitrogens with zero attached hydrogens (tertiary/aromatic N) is 2. The topological polar surface area (TPSA) is 77.9 Å². The molecule has 1 aliphatic carbocycles. The predicted molar refractivity (Wildman–Crippen MR) is 121 cm³/mol. The number of rotatable bonds is 5. The molecule has 6 nitrogen and oxygen atoms in total. The van der Waals surface area contributed by atoms with Crippen LogP contribution in [0.4, 0.5) is 5.69 Å². The molecule has 166 valence electrons. The van der Waals surface area contributed by atoms with Gasteiger partial charge in [-0.15, -0.1) is 0 Å². The summed E-state index contributed by atoms with van der Waals surface area (Å²) in [4.78, 5) is 41.0. The van der Waals surface area contributed by atoms with Crippen LogP contribution >= 0.6 is 0 Å². The average molecular weight is 433 g/mol. The van der Waals surface area contributed by atoms with Gasteiger partial charge in [0.25, 0.3) is 5.91 Å². The molecule has 0 unspecified atom stereocenters. The van der Waals surface area contributed by atoms with Gasteiger partial charge in [-0.05, 0) is 67.5 Å². The highest BCUT2D eigenvalue weighted by Gasteiger charge is 2.50. The zero-order valence-electron chi connectivity index (χ0n) is 18.1. The lowest BCUT2D eigenvalue weighted by Gasteiger charge is -2.32. The van der Waals surface area contributed by atoms with Gasteiger partial charge >= 0.3 is 0 Å². The van der Waals surface area contributed by atoms with E-state index in [0.29, 0.717) is 50.8 Å². The summed E-state index contributed by atoms with van der Waals surface area (Å²) < 4.78 is 0. The fraction of sp³-hybridized carbons (Fsp3) is 0.423. The van der Waals surface area contributed by atoms with Crippen molar-refractivity contribution in [2.75, 3.05) is 24.5 Å². The number of likely N-dealkylation sites (tertiary alicyclic amines) is 1. The maximum atomic E-state index is 12.9. The van der Waals surface area contributed by atoms with Crippen molar-refractivity contribution in [1.29, 1.82) is 0 Å². The first-order chi connectivity index (χ1) is 15.4. The molecule has 6 heteroatoms. The molecular weight excluding hydrogens is 404 g/mol. The van der Waals surface area contributed by atoms with Crippen molar-refractivity contribution in [1.82, 2.24) is 4.90 Å². The fourth-order valence-electron chi connectivity index (χ4n) is 4.85. The van der Waals surface area contributed by atoms with E-state index in [0.717, 1.165) is 29.8 Å². The second kappa shape index (κ2) is 8.17. The van der Waals surface area contributed by atoms with Crippen molar-refractivity contribution in [3.8, 4) is 11.1 Å². The maximum absolute atomic E-state index is 12.9. The third kappa shape index (κ3) is 3.95. The molecule has 0 spiro atoms. The normalized spacial score (nSPS) is 20.5. The van der Waals surface area contributed by atoms with E-state index in [1.807, 2.05) is 53.4 Å². The van der Waals surface area contributed by atoms with Gasteiger partial charge < -0.3 is 14.9 Å². The second-order valence-electron chi connectivity index (χ2n) is 9.24. The minimum absolute atomic E-state index is 0.0241. The molecule has 2 aliphatic heterocycles. The van der Waals surface area contributed by atoms with Crippen molar-refractivity contribution >= 4 is 23.3 Å². The Hall–Kier alpha value is -2.99. The number of hydrogen-bond acceptors (Lipinski definition) is 4. The van der Waals surface area contributed by atoms with Crippen LogP contribution in [0.25, 0.3) is 11.1 Å². The zero-order chi connectivity index (χ0) is 22.3. The molecule has 32 heavy (non-hydrogen) atoms. The van der Waals surface area contributed by atoms with Crippen LogP contribution in [0.2, 0.25) is 0 Å². The van der Waals surface area contributed by atoms with Crippen molar-refractivity contribution in [3.05, 3.63) is 54.1 Å². The van der Waals surface area contributed by atoms with E-state index in [1.165, 1.54) is 0 Å². The first kappa shape index (κ1) is 20.9. The van der Waals surface area contributed by atoms with Crippen molar-refractivity contribution in [2.24, 2.45) is 5.92 Å². The molecule has 2 amide bonds. The van der Waals surface area contributed by atoms with E-state index < -0.39 is 5.60 Å². The Balaban J connectivity index is 1.24. The largest absolute Gasteiger partial charge is 0.382 e. The Bertz CT molecular complexity index is 1050. The summed E-state index contributed by atoms with van der Waals surface area (Å²) >= 11 is 0. The highest BCUT2D eigenvalue weighted by atomic mass is 16.3. The molecule has 5 rings (SSSR count). The zero-order valence-corrected chi connectivity index (χ0v) is 18.1. The first-order valence-corrected chi connectivity index (χ1v) is 11.5. The van der Waals surface area contributed by atoms with Gasteiger partial charge in [-0.25, -0.2) is 0 Å². The second-order valence-corrected chi connectivity index (χ2v) is 9.24. The van der Waals surface area contributed by atoms with Crippen LogP contribution in [-0.4, -0.2) is 52.8 Å². The summed E-state index contributed by atoms with van der Waals surface area (Å²) in [6, 6.07) is 15.5. The quantitative estimate of drug-likeness (QED) is 0.785. The molecule has 2 aromatic carbocycles. The number of aliphatic hydroxyl groups is 1. The SMILES string of the molecule is O=C(c1ccc(-c2cccc(N3CCCC3=O)c2)cc1)N1CCC(C(=O)C2(O)CC2)CC1. The van der Waals surface area contributed by atoms with Gasteiger partial charge in [-0.2, -0.15) is 0 Å². The Morgan fingerprint density at radius 3 is 2.28 bits per heavy atom. The van der Waals surface area contributed by atoms with Crippen molar-refractivity contribution in [2.45, 2.75) is 44.1 Å². The Morgan fingerprint density at radius 2 is 1.66 bits per heavy atom. The van der Waals surface area contributed by atoms with E-state index >= 15 is 0 Å². The monoisotopic (exact) mass is 432 g/mol. The van der Waals surface area contributed by atoms with Gasteiger partial charge in [0.2, 0.25) is 5.91 Å². The van der Waals surface area contributed by atoms with E-state index in [2.05, 4.69) is 0 Å². The molecule has 0 radical (unpaired) electrons. The number of benzene rings is 2. The highest BCUT2D eigenvalue weighted by molar-refractivity contribution is 5.97. The summed E-state index contributed by atoms with van der Waals surface area (Å²) in [5.41, 5.74) is 2.48. The van der Waals surface area contributed by atoms with Gasteiger partial charge in [-0.3, -0.25) is 14.4 Å². The van der Waals surface area contributed by atoms with Gasteiger partial charge in [0.1, 0.15) is 5.60 Å². The molecule has 0 aromatic heterocycles.